The molecular formula is C24H24F3N3O2. The molecule has 0 saturated carbocycles. The summed E-state index contributed by atoms with van der Waals surface area (Å²) in [6.07, 6.45) is -1.40. The van der Waals surface area contributed by atoms with Gasteiger partial charge in [0.05, 0.1) is 11.1 Å². The van der Waals surface area contributed by atoms with Crippen molar-refractivity contribution in [3.63, 3.8) is 0 Å². The summed E-state index contributed by atoms with van der Waals surface area (Å²) in [4.78, 5) is 28.1. The average molecular weight is 443 g/mol. The standard InChI is InChI=1S/C24H24F3N3O2/c1-5-6-13-30-21(31)15(20(24(25,26)27)16(14-28)22(30)32)11-12-19-23(2,3)17-9-7-8-10-18(17)29(19)4/h7-12H,5-6,13H2,1-4H3. The van der Waals surface area contributed by atoms with Gasteiger partial charge in [-0.2, -0.15) is 18.4 Å². The molecule has 1 aromatic carbocycles. The van der Waals surface area contributed by atoms with E-state index in [1.54, 1.807) is 7.05 Å². The molecule has 0 unspecified atom stereocenters. The third-order valence-electron chi connectivity index (χ3n) is 5.93. The Morgan fingerprint density at radius 2 is 1.78 bits per heavy atom. The first-order valence-corrected chi connectivity index (χ1v) is 10.3. The zero-order valence-corrected chi connectivity index (χ0v) is 18.4. The molecule has 168 valence electrons. The molecule has 5 nitrogen and oxygen atoms in total. The van der Waals surface area contributed by atoms with Gasteiger partial charge in [0, 0.05) is 30.4 Å². The van der Waals surface area contributed by atoms with Gasteiger partial charge in [0.15, 0.2) is 0 Å². The van der Waals surface area contributed by atoms with E-state index in [2.05, 4.69) is 0 Å². The summed E-state index contributed by atoms with van der Waals surface area (Å²) < 4.78 is 41.7. The van der Waals surface area contributed by atoms with Crippen molar-refractivity contribution in [2.24, 2.45) is 0 Å². The Labute approximate surface area is 185 Å². The molecule has 2 aliphatic rings. The molecule has 0 aliphatic carbocycles. The summed E-state index contributed by atoms with van der Waals surface area (Å²) in [6.45, 7) is 5.68. The maximum absolute atomic E-state index is 13.9. The van der Waals surface area contributed by atoms with Crippen molar-refractivity contribution in [2.45, 2.75) is 45.2 Å². The predicted molar refractivity (Wildman–Crippen MR) is 114 cm³/mol. The van der Waals surface area contributed by atoms with E-state index in [1.807, 2.05) is 49.9 Å². The molecule has 32 heavy (non-hydrogen) atoms. The lowest BCUT2D eigenvalue weighted by Crippen LogP contribution is -2.45. The Morgan fingerprint density at radius 1 is 1.12 bits per heavy atom. The van der Waals surface area contributed by atoms with Gasteiger partial charge >= 0.3 is 6.18 Å². The van der Waals surface area contributed by atoms with Crippen LogP contribution in [0.15, 0.2) is 58.8 Å². The van der Waals surface area contributed by atoms with Crippen molar-refractivity contribution in [3.05, 3.63) is 64.4 Å². The number of rotatable bonds is 4. The highest BCUT2D eigenvalue weighted by molar-refractivity contribution is 6.18. The van der Waals surface area contributed by atoms with E-state index < -0.39 is 40.1 Å². The van der Waals surface area contributed by atoms with Gasteiger partial charge in [-0.05, 0) is 30.2 Å². The van der Waals surface area contributed by atoms with Crippen LogP contribution in [0.25, 0.3) is 0 Å². The van der Waals surface area contributed by atoms with Crippen LogP contribution < -0.4 is 4.90 Å². The topological polar surface area (TPSA) is 64.4 Å². The first kappa shape index (κ1) is 23.3. The van der Waals surface area contributed by atoms with Crippen molar-refractivity contribution >= 4 is 17.5 Å². The average Bonchev–Trinajstić information content (AvgIpc) is 2.92. The largest absolute Gasteiger partial charge is 0.418 e. The zero-order chi connectivity index (χ0) is 23.8. The monoisotopic (exact) mass is 443 g/mol. The number of nitrogens with zero attached hydrogens (tertiary/aromatic N) is 3. The number of likely N-dealkylation sites (N-methyl/N-ethyl adjacent to an activating group) is 1. The fourth-order valence-electron chi connectivity index (χ4n) is 4.26. The Balaban J connectivity index is 2.19. The second kappa shape index (κ2) is 8.30. The number of halogens is 3. The van der Waals surface area contributed by atoms with Gasteiger partial charge in [-0.25, -0.2) is 0 Å². The van der Waals surface area contributed by atoms with Crippen LogP contribution >= 0.6 is 0 Å². The number of imide groups is 1. The SMILES string of the molecule is CCCCN1C(=O)C(=CC=C2N(C)c3ccccc3C2(C)C)C(C(F)(F)F)=C(C#N)C1=O. The van der Waals surface area contributed by atoms with Gasteiger partial charge in [-0.15, -0.1) is 0 Å². The highest BCUT2D eigenvalue weighted by atomic mass is 19.4. The minimum atomic E-state index is -5.03. The smallest absolute Gasteiger partial charge is 0.347 e. The Bertz CT molecular complexity index is 1100. The van der Waals surface area contributed by atoms with E-state index in [1.165, 1.54) is 12.1 Å². The van der Waals surface area contributed by atoms with Crippen LogP contribution in [0.5, 0.6) is 0 Å². The highest BCUT2D eigenvalue weighted by Crippen LogP contribution is 2.47. The fourth-order valence-corrected chi connectivity index (χ4v) is 4.26. The van der Waals surface area contributed by atoms with Crippen molar-refractivity contribution < 1.29 is 22.8 Å². The number of allylic oxidation sites excluding steroid dienone is 3. The van der Waals surface area contributed by atoms with E-state index in [-0.39, 0.29) is 6.54 Å². The molecular weight excluding hydrogens is 419 g/mol. The number of amides is 2. The van der Waals surface area contributed by atoms with Crippen LogP contribution in [-0.2, 0) is 15.0 Å². The number of alkyl halides is 3. The number of carbonyl (C=O) groups excluding carboxylic acids is 2. The molecule has 2 amide bonds. The lowest BCUT2D eigenvalue weighted by atomic mass is 9.83. The predicted octanol–water partition coefficient (Wildman–Crippen LogP) is 4.78. The molecule has 0 atom stereocenters. The van der Waals surface area contributed by atoms with E-state index >= 15 is 0 Å². The molecule has 0 N–H and O–H groups in total. The Morgan fingerprint density at radius 3 is 2.34 bits per heavy atom. The van der Waals surface area contributed by atoms with Crippen LogP contribution in [-0.4, -0.2) is 36.5 Å². The van der Waals surface area contributed by atoms with Gasteiger partial charge in [-0.3, -0.25) is 14.5 Å². The molecule has 1 aromatic rings. The molecule has 0 aromatic heterocycles. The van der Waals surface area contributed by atoms with E-state index in [0.29, 0.717) is 18.5 Å². The van der Waals surface area contributed by atoms with Crippen molar-refractivity contribution in [1.29, 1.82) is 5.26 Å². The molecule has 0 spiro atoms. The van der Waals surface area contributed by atoms with Crippen molar-refractivity contribution in [1.82, 2.24) is 4.90 Å². The summed E-state index contributed by atoms with van der Waals surface area (Å²) in [5.74, 6) is -2.24. The zero-order valence-electron chi connectivity index (χ0n) is 18.4. The van der Waals surface area contributed by atoms with Gasteiger partial charge in [0.1, 0.15) is 11.6 Å². The van der Waals surface area contributed by atoms with Crippen LogP contribution in [0.4, 0.5) is 18.9 Å². The van der Waals surface area contributed by atoms with E-state index in [4.69, 9.17) is 0 Å². The first-order valence-electron chi connectivity index (χ1n) is 10.3. The highest BCUT2D eigenvalue weighted by Gasteiger charge is 2.48. The normalized spacial score (nSPS) is 20.9. The maximum Gasteiger partial charge on any atom is 0.418 e. The van der Waals surface area contributed by atoms with Crippen LogP contribution in [0, 0.1) is 11.3 Å². The number of unbranched alkanes of at least 4 members (excludes halogenated alkanes) is 1. The lowest BCUT2D eigenvalue weighted by molar-refractivity contribution is -0.143. The molecule has 0 radical (unpaired) electrons. The lowest BCUT2D eigenvalue weighted by Gasteiger charge is -2.29. The van der Waals surface area contributed by atoms with Crippen LogP contribution in [0.2, 0.25) is 0 Å². The molecule has 0 bridgehead atoms. The summed E-state index contributed by atoms with van der Waals surface area (Å²) in [7, 11) is 1.80. The summed E-state index contributed by atoms with van der Waals surface area (Å²) in [5.41, 5.74) is -1.13. The first-order chi connectivity index (χ1) is 15.0. The Kier molecular flexibility index (Phi) is 6.05. The summed E-state index contributed by atoms with van der Waals surface area (Å²) >= 11 is 0. The number of hydrogen-bond donors (Lipinski definition) is 0. The Hall–Kier alpha value is -3.34. The van der Waals surface area contributed by atoms with Gasteiger partial charge in [0.2, 0.25) is 0 Å². The quantitative estimate of drug-likeness (QED) is 0.497. The number of carbonyl (C=O) groups is 2. The summed E-state index contributed by atoms with van der Waals surface area (Å²) in [6, 6.07) is 9.01. The van der Waals surface area contributed by atoms with Crippen molar-refractivity contribution in [3.8, 4) is 6.07 Å². The second-order valence-electron chi connectivity index (χ2n) is 8.31. The molecule has 0 saturated heterocycles. The number of fused-ring (bicyclic) bond motifs is 1. The van der Waals surface area contributed by atoms with Gasteiger partial charge in [0.25, 0.3) is 11.8 Å². The number of benzene rings is 1. The van der Waals surface area contributed by atoms with Crippen LogP contribution in [0.3, 0.4) is 0 Å². The summed E-state index contributed by atoms with van der Waals surface area (Å²) in [5, 5.41) is 9.35. The number of hydrogen-bond acceptors (Lipinski definition) is 4. The molecule has 2 aliphatic heterocycles. The van der Waals surface area contributed by atoms with Crippen molar-refractivity contribution in [2.75, 3.05) is 18.5 Å². The number of anilines is 1. The molecule has 3 rings (SSSR count). The van der Waals surface area contributed by atoms with E-state index in [0.717, 1.165) is 22.2 Å². The molecule has 0 fully saturated rings. The number of nitriles is 1. The third kappa shape index (κ3) is 3.72. The number of para-hydroxylation sites is 1. The fraction of sp³-hybridized carbons (Fsp3) is 0.375. The second-order valence-corrected chi connectivity index (χ2v) is 8.31. The third-order valence-corrected chi connectivity index (χ3v) is 5.93. The molecule has 2 heterocycles. The van der Waals surface area contributed by atoms with Gasteiger partial charge < -0.3 is 4.90 Å². The minimum Gasteiger partial charge on any atom is -0.347 e. The minimum absolute atomic E-state index is 0.0464. The molecule has 8 heteroatoms. The van der Waals surface area contributed by atoms with Gasteiger partial charge in [-0.1, -0.05) is 45.4 Å². The maximum atomic E-state index is 13.9. The van der Waals surface area contributed by atoms with Crippen LogP contribution in [0.1, 0.15) is 39.2 Å². The van der Waals surface area contributed by atoms with E-state index in [9.17, 15) is 28.0 Å².